The number of nitrogens with zero attached hydrogens (tertiary/aromatic N) is 6. The number of aromatic nitrogens is 6. The molecule has 0 aliphatic heterocycles. The third-order valence-corrected chi connectivity index (χ3v) is 4.69. The lowest BCUT2D eigenvalue weighted by molar-refractivity contribution is 0.411. The fraction of sp³-hybridized carbons (Fsp3) is 0.0667. The van der Waals surface area contributed by atoms with Crippen molar-refractivity contribution in [2.24, 2.45) is 0 Å². The maximum atomic E-state index is 12.4. The summed E-state index contributed by atoms with van der Waals surface area (Å²) in [5.41, 5.74) is 0.708. The topological polar surface area (TPSA) is 171 Å². The van der Waals surface area contributed by atoms with Gasteiger partial charge in [0.25, 0.3) is 10.0 Å². The summed E-state index contributed by atoms with van der Waals surface area (Å²) in [5.74, 6) is 0.464. The minimum absolute atomic E-state index is 0.0140. The maximum Gasteiger partial charge on any atom is 0.264 e. The Labute approximate surface area is 159 Å². The zero-order valence-corrected chi connectivity index (χ0v) is 15.2. The molecule has 142 valence electrons. The van der Waals surface area contributed by atoms with Crippen LogP contribution in [0, 0.1) is 11.3 Å². The van der Waals surface area contributed by atoms with Crippen molar-refractivity contribution in [2.45, 2.75) is 4.90 Å². The highest BCUT2D eigenvalue weighted by atomic mass is 32.2. The van der Waals surface area contributed by atoms with Crippen LogP contribution in [-0.4, -0.2) is 46.1 Å². The van der Waals surface area contributed by atoms with Gasteiger partial charge in [0, 0.05) is 11.9 Å². The van der Waals surface area contributed by atoms with Crippen molar-refractivity contribution >= 4 is 27.2 Å². The molecule has 0 atom stereocenters. The number of allylic oxidation sites excluding steroid dienone is 1. The molecule has 0 unspecified atom stereocenters. The van der Waals surface area contributed by atoms with Crippen molar-refractivity contribution in [2.75, 3.05) is 17.1 Å². The molecule has 28 heavy (non-hydrogen) atoms. The van der Waals surface area contributed by atoms with Crippen molar-refractivity contribution in [1.29, 1.82) is 5.26 Å². The Morgan fingerprint density at radius 3 is 2.54 bits per heavy atom. The number of methoxy groups -OCH3 is 1. The van der Waals surface area contributed by atoms with Gasteiger partial charge in [0.2, 0.25) is 11.8 Å². The van der Waals surface area contributed by atoms with Crippen molar-refractivity contribution < 1.29 is 13.2 Å². The van der Waals surface area contributed by atoms with Crippen molar-refractivity contribution in [1.82, 2.24) is 30.6 Å². The Balaban J connectivity index is 1.71. The van der Waals surface area contributed by atoms with Crippen molar-refractivity contribution in [3.8, 4) is 11.8 Å². The van der Waals surface area contributed by atoms with E-state index in [1.165, 1.54) is 50.0 Å². The molecule has 2 aromatic heterocycles. The first-order valence-electron chi connectivity index (χ1n) is 7.61. The van der Waals surface area contributed by atoms with Crippen LogP contribution in [0.3, 0.4) is 0 Å². The number of anilines is 2. The highest BCUT2D eigenvalue weighted by Gasteiger charge is 2.15. The normalized spacial score (nSPS) is 11.5. The van der Waals surface area contributed by atoms with Gasteiger partial charge in [0.05, 0.1) is 24.4 Å². The lowest BCUT2D eigenvalue weighted by Crippen LogP contribution is -2.15. The molecular formula is C15H13N9O3S. The van der Waals surface area contributed by atoms with E-state index in [0.717, 1.165) is 0 Å². The van der Waals surface area contributed by atoms with Crippen LogP contribution in [0.5, 0.6) is 5.75 Å². The van der Waals surface area contributed by atoms with Gasteiger partial charge in [-0.3, -0.25) is 0 Å². The number of hydrogen-bond acceptors (Lipinski definition) is 10. The molecule has 12 nitrogen and oxygen atoms in total. The molecule has 1 aromatic carbocycles. The van der Waals surface area contributed by atoms with Crippen LogP contribution < -0.4 is 14.8 Å². The van der Waals surface area contributed by atoms with Crippen LogP contribution in [0.4, 0.5) is 11.6 Å². The van der Waals surface area contributed by atoms with Crippen LogP contribution in [0.15, 0.2) is 47.8 Å². The number of sulfonamides is 1. The lowest BCUT2D eigenvalue weighted by Gasteiger charge is -2.08. The first-order chi connectivity index (χ1) is 13.5. The predicted octanol–water partition coefficient (Wildman–Crippen LogP) is 0.776. The van der Waals surface area contributed by atoms with E-state index in [0.29, 0.717) is 11.4 Å². The van der Waals surface area contributed by atoms with E-state index in [1.807, 2.05) is 6.07 Å². The van der Waals surface area contributed by atoms with Crippen LogP contribution in [0.1, 0.15) is 5.82 Å². The molecule has 0 bridgehead atoms. The minimum Gasteiger partial charge on any atom is -0.494 e. The van der Waals surface area contributed by atoms with E-state index >= 15 is 0 Å². The van der Waals surface area contributed by atoms with Crippen LogP contribution in [0.25, 0.3) is 5.57 Å². The van der Waals surface area contributed by atoms with Gasteiger partial charge in [-0.15, -0.1) is 10.2 Å². The number of H-pyrrole nitrogens is 1. The first kappa shape index (κ1) is 18.7. The number of rotatable bonds is 7. The summed E-state index contributed by atoms with van der Waals surface area (Å²) in [5, 5.41) is 25.0. The summed E-state index contributed by atoms with van der Waals surface area (Å²) >= 11 is 0. The summed E-state index contributed by atoms with van der Waals surface area (Å²) in [4.78, 5) is 7.74. The molecule has 3 N–H and O–H groups in total. The second-order valence-corrected chi connectivity index (χ2v) is 6.81. The second kappa shape index (κ2) is 8.10. The average molecular weight is 399 g/mol. The number of tetrazole rings is 1. The zero-order valence-electron chi connectivity index (χ0n) is 14.4. The Hall–Kier alpha value is -4.05. The van der Waals surface area contributed by atoms with Gasteiger partial charge in [-0.05, 0) is 29.5 Å². The van der Waals surface area contributed by atoms with E-state index in [-0.39, 0.29) is 22.2 Å². The summed E-state index contributed by atoms with van der Waals surface area (Å²) < 4.78 is 32.0. The van der Waals surface area contributed by atoms with Gasteiger partial charge in [0.15, 0.2) is 5.75 Å². The quantitative estimate of drug-likeness (QED) is 0.482. The summed E-state index contributed by atoms with van der Waals surface area (Å²) in [6.07, 6.45) is 4.08. The summed E-state index contributed by atoms with van der Waals surface area (Å²) in [6, 6.07) is 7.78. The molecule has 3 aromatic rings. The second-order valence-electron chi connectivity index (χ2n) is 5.13. The molecule has 0 radical (unpaired) electrons. The minimum atomic E-state index is -3.86. The molecule has 13 heteroatoms. The van der Waals surface area contributed by atoms with E-state index in [4.69, 9.17) is 10.00 Å². The molecule has 0 aliphatic carbocycles. The standard InChI is InChI=1S/C15H13N9O3S/c1-27-12-8-18-15(19-9-12)22-28(25,26)13-4-2-11(3-5-13)17-7-10(6-16)14-20-23-24-21-14/h2-5,7-9,17H,1H3,(H,18,19,22)(H,20,21,23,24). The third-order valence-electron chi connectivity index (χ3n) is 3.34. The largest absolute Gasteiger partial charge is 0.494 e. The van der Waals surface area contributed by atoms with Crippen LogP contribution in [0.2, 0.25) is 0 Å². The Morgan fingerprint density at radius 1 is 1.25 bits per heavy atom. The Bertz CT molecular complexity index is 1100. The Morgan fingerprint density at radius 2 is 1.96 bits per heavy atom. The molecule has 0 fully saturated rings. The molecule has 0 aliphatic rings. The highest BCUT2D eigenvalue weighted by Crippen LogP contribution is 2.18. The fourth-order valence-electron chi connectivity index (χ4n) is 1.96. The summed E-state index contributed by atoms with van der Waals surface area (Å²) in [6.45, 7) is 0. The van der Waals surface area contributed by atoms with Gasteiger partial charge >= 0.3 is 0 Å². The van der Waals surface area contributed by atoms with Gasteiger partial charge in [-0.25, -0.2) is 23.1 Å². The fourth-order valence-corrected chi connectivity index (χ4v) is 2.92. The summed E-state index contributed by atoms with van der Waals surface area (Å²) in [7, 11) is -2.41. The molecule has 2 heterocycles. The lowest BCUT2D eigenvalue weighted by atomic mass is 10.3. The van der Waals surface area contributed by atoms with E-state index in [2.05, 4.69) is 40.6 Å². The third kappa shape index (κ3) is 4.37. The molecule has 0 saturated carbocycles. The van der Waals surface area contributed by atoms with Crippen LogP contribution in [-0.2, 0) is 10.0 Å². The van der Waals surface area contributed by atoms with Gasteiger partial charge < -0.3 is 10.1 Å². The SMILES string of the molecule is COc1cnc(NS(=O)(=O)c2ccc(NC=C(C#N)c3nn[nH]n3)cc2)nc1. The average Bonchev–Trinajstić information content (AvgIpc) is 3.24. The number of benzene rings is 1. The van der Waals surface area contributed by atoms with E-state index in [9.17, 15) is 8.42 Å². The van der Waals surface area contributed by atoms with Crippen molar-refractivity contribution in [3.05, 3.63) is 48.7 Å². The Kier molecular flexibility index (Phi) is 5.42. The number of ether oxygens (including phenoxy) is 1. The van der Waals surface area contributed by atoms with Crippen LogP contribution >= 0.6 is 0 Å². The highest BCUT2D eigenvalue weighted by molar-refractivity contribution is 7.92. The van der Waals surface area contributed by atoms with Gasteiger partial charge in [0.1, 0.15) is 11.6 Å². The smallest absolute Gasteiger partial charge is 0.264 e. The molecule has 0 spiro atoms. The predicted molar refractivity (Wildman–Crippen MR) is 97.2 cm³/mol. The monoisotopic (exact) mass is 399 g/mol. The van der Waals surface area contributed by atoms with Crippen molar-refractivity contribution in [3.63, 3.8) is 0 Å². The number of hydrogen-bond donors (Lipinski definition) is 3. The molecule has 0 saturated heterocycles. The molecule has 3 rings (SSSR count). The number of nitriles is 1. The van der Waals surface area contributed by atoms with E-state index in [1.54, 1.807) is 0 Å². The van der Waals surface area contributed by atoms with Gasteiger partial charge in [-0.2, -0.15) is 10.5 Å². The van der Waals surface area contributed by atoms with E-state index < -0.39 is 10.0 Å². The zero-order chi connectivity index (χ0) is 20.0. The molecular weight excluding hydrogens is 386 g/mol. The maximum absolute atomic E-state index is 12.4. The number of nitrogens with one attached hydrogen (secondary N) is 3. The first-order valence-corrected chi connectivity index (χ1v) is 9.09. The molecule has 0 amide bonds. The number of aromatic amines is 1. The van der Waals surface area contributed by atoms with Gasteiger partial charge in [-0.1, -0.05) is 0 Å².